The first kappa shape index (κ1) is 12.0. The Labute approximate surface area is 120 Å². The summed E-state index contributed by atoms with van der Waals surface area (Å²) in [7, 11) is 0. The number of hydrazone groups is 1. The molecule has 1 aromatic heterocycles. The topological polar surface area (TPSA) is 49.7 Å². The third kappa shape index (κ3) is 1.62. The molecule has 0 N–H and O–H groups in total. The average Bonchev–Trinajstić information content (AvgIpc) is 3.08. The van der Waals surface area contributed by atoms with Gasteiger partial charge in [-0.15, -0.1) is 11.3 Å². The number of amides is 2. The molecule has 1 saturated carbocycles. The number of hydrogen-bond acceptors (Lipinski definition) is 4. The predicted octanol–water partition coefficient (Wildman–Crippen LogP) is 2.28. The number of rotatable bonds is 2. The van der Waals surface area contributed by atoms with Crippen molar-refractivity contribution in [1.82, 2.24) is 5.01 Å². The van der Waals surface area contributed by atoms with E-state index in [9.17, 15) is 9.59 Å². The summed E-state index contributed by atoms with van der Waals surface area (Å²) in [6.45, 7) is 0. The van der Waals surface area contributed by atoms with Gasteiger partial charge < -0.3 is 0 Å². The normalized spacial score (nSPS) is 35.3. The van der Waals surface area contributed by atoms with Crippen LogP contribution in [0, 0.1) is 23.7 Å². The van der Waals surface area contributed by atoms with Crippen molar-refractivity contribution in [2.24, 2.45) is 28.8 Å². The maximum Gasteiger partial charge on any atom is 0.254 e. The SMILES string of the molecule is O=C1C2C3C=CC(CC3)C2C(=O)N1N=Cc1cccs1. The van der Waals surface area contributed by atoms with E-state index in [1.807, 2.05) is 17.5 Å². The van der Waals surface area contributed by atoms with Crippen molar-refractivity contribution < 1.29 is 9.59 Å². The highest BCUT2D eigenvalue weighted by Crippen LogP contribution is 2.49. The molecule has 1 aromatic rings. The van der Waals surface area contributed by atoms with Gasteiger partial charge in [0.15, 0.2) is 0 Å². The number of nitrogens with zero attached hydrogens (tertiary/aromatic N) is 2. The van der Waals surface area contributed by atoms with Crippen molar-refractivity contribution in [2.75, 3.05) is 0 Å². The van der Waals surface area contributed by atoms with Crippen LogP contribution < -0.4 is 0 Å². The van der Waals surface area contributed by atoms with Gasteiger partial charge in [0.25, 0.3) is 11.8 Å². The van der Waals surface area contributed by atoms with Gasteiger partial charge in [0, 0.05) is 4.88 Å². The third-order valence-electron chi connectivity index (χ3n) is 4.58. The number of thiophene rings is 1. The van der Waals surface area contributed by atoms with E-state index in [0.717, 1.165) is 22.7 Å². The van der Waals surface area contributed by atoms with Crippen LogP contribution in [0.1, 0.15) is 17.7 Å². The number of carbonyl (C=O) groups excluding carboxylic acids is 2. The fraction of sp³-hybridized carbons (Fsp3) is 0.400. The Hall–Kier alpha value is -1.75. The summed E-state index contributed by atoms with van der Waals surface area (Å²) in [5.41, 5.74) is 0. The number of allylic oxidation sites excluding steroid dienone is 2. The van der Waals surface area contributed by atoms with Gasteiger partial charge >= 0.3 is 0 Å². The Morgan fingerprint density at radius 1 is 1.15 bits per heavy atom. The Morgan fingerprint density at radius 3 is 2.30 bits per heavy atom. The summed E-state index contributed by atoms with van der Waals surface area (Å²) < 4.78 is 0. The molecule has 5 heteroatoms. The van der Waals surface area contributed by atoms with Gasteiger partial charge in [-0.25, -0.2) is 0 Å². The standard InChI is InChI=1S/C15H14N2O2S/c18-14-12-9-3-4-10(6-5-9)13(12)15(19)17(14)16-8-11-2-1-7-20-11/h1-4,7-10,12-13H,5-6H2. The lowest BCUT2D eigenvalue weighted by molar-refractivity contribution is -0.140. The predicted molar refractivity (Wildman–Crippen MR) is 76.1 cm³/mol. The molecule has 0 spiro atoms. The van der Waals surface area contributed by atoms with Crippen LogP contribution >= 0.6 is 11.3 Å². The average molecular weight is 286 g/mol. The first-order chi connectivity index (χ1) is 9.75. The van der Waals surface area contributed by atoms with Crippen LogP contribution in [0.5, 0.6) is 0 Å². The first-order valence-electron chi connectivity index (χ1n) is 6.89. The van der Waals surface area contributed by atoms with E-state index in [-0.39, 0.29) is 35.5 Å². The summed E-state index contributed by atoms with van der Waals surface area (Å²) in [6.07, 6.45) is 7.88. The molecule has 4 aliphatic rings. The molecule has 102 valence electrons. The van der Waals surface area contributed by atoms with Crippen molar-refractivity contribution in [3.05, 3.63) is 34.5 Å². The van der Waals surface area contributed by atoms with Crippen molar-refractivity contribution in [3.63, 3.8) is 0 Å². The van der Waals surface area contributed by atoms with Gasteiger partial charge in [-0.3, -0.25) is 9.59 Å². The maximum absolute atomic E-state index is 12.5. The molecule has 2 fully saturated rings. The molecule has 4 unspecified atom stereocenters. The summed E-state index contributed by atoms with van der Waals surface area (Å²) in [5.74, 6) is -0.135. The van der Waals surface area contributed by atoms with Gasteiger partial charge in [-0.1, -0.05) is 18.2 Å². The van der Waals surface area contributed by atoms with E-state index in [1.165, 1.54) is 11.3 Å². The highest BCUT2D eigenvalue weighted by atomic mass is 32.1. The fourth-order valence-electron chi connectivity index (χ4n) is 3.65. The molecule has 4 atom stereocenters. The van der Waals surface area contributed by atoms with Crippen LogP contribution in [0.25, 0.3) is 0 Å². The van der Waals surface area contributed by atoms with E-state index in [1.54, 1.807) is 6.21 Å². The minimum atomic E-state index is -0.174. The van der Waals surface area contributed by atoms with E-state index in [0.29, 0.717) is 0 Å². The zero-order valence-corrected chi connectivity index (χ0v) is 11.6. The second-order valence-corrected chi connectivity index (χ2v) is 6.57. The van der Waals surface area contributed by atoms with E-state index < -0.39 is 0 Å². The Kier molecular flexibility index (Phi) is 2.63. The molecular formula is C15H14N2O2S. The second-order valence-electron chi connectivity index (χ2n) is 5.59. The fourth-order valence-corrected chi connectivity index (χ4v) is 4.23. The van der Waals surface area contributed by atoms with Crippen LogP contribution in [0.15, 0.2) is 34.8 Å². The van der Waals surface area contributed by atoms with Crippen molar-refractivity contribution in [2.45, 2.75) is 12.8 Å². The summed E-state index contributed by atoms with van der Waals surface area (Å²) in [5, 5.41) is 7.19. The monoisotopic (exact) mass is 286 g/mol. The lowest BCUT2D eigenvalue weighted by atomic mass is 9.63. The number of imide groups is 1. The maximum atomic E-state index is 12.5. The molecule has 2 bridgehead atoms. The first-order valence-corrected chi connectivity index (χ1v) is 7.77. The highest BCUT2D eigenvalue weighted by molar-refractivity contribution is 7.11. The van der Waals surface area contributed by atoms with Crippen LogP contribution in [0.3, 0.4) is 0 Å². The Morgan fingerprint density at radius 2 is 1.80 bits per heavy atom. The molecule has 2 amide bonds. The molecule has 4 nitrogen and oxygen atoms in total. The summed E-state index contributed by atoms with van der Waals surface area (Å²) in [4.78, 5) is 25.9. The van der Waals surface area contributed by atoms with Crippen molar-refractivity contribution in [3.8, 4) is 0 Å². The molecule has 1 aliphatic heterocycles. The zero-order valence-electron chi connectivity index (χ0n) is 10.8. The Balaban J connectivity index is 1.64. The van der Waals surface area contributed by atoms with Gasteiger partial charge in [-0.2, -0.15) is 10.1 Å². The van der Waals surface area contributed by atoms with E-state index in [2.05, 4.69) is 17.3 Å². The minimum absolute atomic E-state index is 0.119. The van der Waals surface area contributed by atoms with Crippen LogP contribution in [0.2, 0.25) is 0 Å². The zero-order chi connectivity index (χ0) is 13.7. The smallest absolute Gasteiger partial charge is 0.254 e. The quantitative estimate of drug-likeness (QED) is 0.476. The summed E-state index contributed by atoms with van der Waals surface area (Å²) in [6, 6.07) is 3.83. The molecule has 20 heavy (non-hydrogen) atoms. The lowest BCUT2D eigenvalue weighted by Crippen LogP contribution is -2.38. The van der Waals surface area contributed by atoms with Crippen molar-refractivity contribution in [1.29, 1.82) is 0 Å². The van der Waals surface area contributed by atoms with E-state index >= 15 is 0 Å². The van der Waals surface area contributed by atoms with Gasteiger partial charge in [0.05, 0.1) is 18.1 Å². The molecule has 2 heterocycles. The second kappa shape index (κ2) is 4.38. The van der Waals surface area contributed by atoms with E-state index in [4.69, 9.17) is 0 Å². The van der Waals surface area contributed by atoms with Gasteiger partial charge in [0.2, 0.25) is 0 Å². The molecule has 0 aromatic carbocycles. The molecule has 3 aliphatic carbocycles. The molecule has 5 rings (SSSR count). The molecule has 1 saturated heterocycles. The number of hydrogen-bond donors (Lipinski definition) is 0. The summed E-state index contributed by atoms with van der Waals surface area (Å²) >= 11 is 1.54. The third-order valence-corrected chi connectivity index (χ3v) is 5.39. The molecular weight excluding hydrogens is 272 g/mol. The molecule has 0 radical (unpaired) electrons. The number of carbonyl (C=O) groups is 2. The van der Waals surface area contributed by atoms with Crippen LogP contribution in [0.4, 0.5) is 0 Å². The van der Waals surface area contributed by atoms with Crippen LogP contribution in [-0.4, -0.2) is 23.0 Å². The van der Waals surface area contributed by atoms with Crippen LogP contribution in [-0.2, 0) is 9.59 Å². The van der Waals surface area contributed by atoms with Gasteiger partial charge in [0.1, 0.15) is 0 Å². The van der Waals surface area contributed by atoms with Gasteiger partial charge in [-0.05, 0) is 36.1 Å². The Bertz CT molecular complexity index is 588. The highest BCUT2D eigenvalue weighted by Gasteiger charge is 2.56. The largest absolute Gasteiger partial charge is 0.272 e. The lowest BCUT2D eigenvalue weighted by Gasteiger charge is -2.37. The minimum Gasteiger partial charge on any atom is -0.272 e. The number of fused-ring (bicyclic) bond motifs is 1. The van der Waals surface area contributed by atoms with Crippen molar-refractivity contribution >= 4 is 29.4 Å².